The number of fused-ring (bicyclic) bond motifs is 1. The molecular weight excluding hydrogens is 350 g/mol. The first-order valence-electron chi connectivity index (χ1n) is 8.36. The van der Waals surface area contributed by atoms with Gasteiger partial charge in [-0.05, 0) is 29.1 Å². The lowest BCUT2D eigenvalue weighted by Crippen LogP contribution is -2.04. The zero-order chi connectivity index (χ0) is 18.1. The van der Waals surface area contributed by atoms with Gasteiger partial charge in [-0.25, -0.2) is 4.98 Å². The van der Waals surface area contributed by atoms with Gasteiger partial charge in [-0.2, -0.15) is 15.2 Å². The molecule has 8 heteroatoms. The summed E-state index contributed by atoms with van der Waals surface area (Å²) >= 11 is 6.13. The average molecular weight is 368 g/mol. The van der Waals surface area contributed by atoms with E-state index in [1.165, 1.54) is 0 Å². The molecule has 3 N–H and O–H groups in total. The number of halogens is 1. The first kappa shape index (κ1) is 16.5. The molecule has 0 aliphatic rings. The highest BCUT2D eigenvalue weighted by Crippen LogP contribution is 2.28. The predicted octanol–water partition coefficient (Wildman–Crippen LogP) is 4.13. The summed E-state index contributed by atoms with van der Waals surface area (Å²) < 4.78 is 0. The smallest absolute Gasteiger partial charge is 0.225 e. The predicted molar refractivity (Wildman–Crippen MR) is 102 cm³/mol. The summed E-state index contributed by atoms with van der Waals surface area (Å²) in [6, 6.07) is 10.1. The summed E-state index contributed by atoms with van der Waals surface area (Å²) in [6.45, 7) is 4.73. The minimum absolute atomic E-state index is 0.199. The Bertz CT molecular complexity index is 1040. The number of hydrogen-bond donors (Lipinski definition) is 3. The molecule has 3 heterocycles. The second kappa shape index (κ2) is 6.76. The van der Waals surface area contributed by atoms with Gasteiger partial charge in [0.2, 0.25) is 5.28 Å². The third-order valence-corrected chi connectivity index (χ3v) is 4.40. The lowest BCUT2D eigenvalue weighted by atomic mass is 10.0. The summed E-state index contributed by atoms with van der Waals surface area (Å²) in [5.74, 6) is 0.877. The number of benzene rings is 1. The maximum absolute atomic E-state index is 6.13. The summed E-state index contributed by atoms with van der Waals surface area (Å²) in [6.07, 6.45) is 1.74. The molecule has 0 spiro atoms. The van der Waals surface area contributed by atoms with Gasteiger partial charge in [0.15, 0.2) is 11.3 Å². The highest BCUT2D eigenvalue weighted by Gasteiger charge is 2.16. The number of hydrogen-bond acceptors (Lipinski definition) is 5. The van der Waals surface area contributed by atoms with Crippen LogP contribution < -0.4 is 5.32 Å². The lowest BCUT2D eigenvalue weighted by molar-refractivity contribution is 0.815. The lowest BCUT2D eigenvalue weighted by Gasteiger charge is -2.10. The molecule has 0 aliphatic heterocycles. The molecule has 0 atom stereocenters. The van der Waals surface area contributed by atoms with Crippen LogP contribution in [0.5, 0.6) is 0 Å². The molecule has 0 saturated heterocycles. The zero-order valence-electron chi connectivity index (χ0n) is 14.4. The molecule has 0 saturated carbocycles. The van der Waals surface area contributed by atoms with Gasteiger partial charge in [0.1, 0.15) is 5.52 Å². The van der Waals surface area contributed by atoms with Crippen molar-refractivity contribution in [2.45, 2.75) is 26.3 Å². The summed E-state index contributed by atoms with van der Waals surface area (Å²) in [5.41, 5.74) is 5.56. The monoisotopic (exact) mass is 367 g/mol. The third kappa shape index (κ3) is 3.01. The number of aromatic amines is 2. The molecule has 0 aliphatic carbocycles. The number of anilines is 1. The Morgan fingerprint density at radius 2 is 1.92 bits per heavy atom. The Hall–Kier alpha value is -2.93. The van der Waals surface area contributed by atoms with Crippen LogP contribution in [0.2, 0.25) is 5.28 Å². The van der Waals surface area contributed by atoms with E-state index >= 15 is 0 Å². The van der Waals surface area contributed by atoms with E-state index in [4.69, 9.17) is 11.6 Å². The van der Waals surface area contributed by atoms with Gasteiger partial charge in [0, 0.05) is 18.3 Å². The maximum Gasteiger partial charge on any atom is 0.225 e. The van der Waals surface area contributed by atoms with Crippen molar-refractivity contribution in [3.05, 3.63) is 53.1 Å². The number of rotatable bonds is 5. The molecular formula is C18H18ClN7. The van der Waals surface area contributed by atoms with Crippen LogP contribution in [-0.4, -0.2) is 30.4 Å². The van der Waals surface area contributed by atoms with E-state index in [1.807, 2.05) is 18.2 Å². The summed E-state index contributed by atoms with van der Waals surface area (Å²) in [7, 11) is 0. The molecule has 132 valence electrons. The Morgan fingerprint density at radius 3 is 2.69 bits per heavy atom. The van der Waals surface area contributed by atoms with Crippen molar-refractivity contribution in [1.82, 2.24) is 30.4 Å². The molecule has 1 aromatic carbocycles. The van der Waals surface area contributed by atoms with E-state index in [0.717, 1.165) is 28.0 Å². The topological polar surface area (TPSA) is 95.2 Å². The van der Waals surface area contributed by atoms with Crippen LogP contribution in [-0.2, 0) is 6.54 Å². The highest BCUT2D eigenvalue weighted by atomic mass is 35.5. The van der Waals surface area contributed by atoms with Gasteiger partial charge in [0.25, 0.3) is 0 Å². The molecule has 0 unspecified atom stereocenters. The molecule has 4 aromatic rings. The van der Waals surface area contributed by atoms with Crippen LogP contribution in [0.15, 0.2) is 36.5 Å². The third-order valence-electron chi connectivity index (χ3n) is 4.23. The Morgan fingerprint density at radius 1 is 1.08 bits per heavy atom. The molecule has 4 rings (SSSR count). The minimum atomic E-state index is 0.199. The molecule has 0 bridgehead atoms. The van der Waals surface area contributed by atoms with E-state index in [2.05, 4.69) is 61.7 Å². The van der Waals surface area contributed by atoms with Gasteiger partial charge in [-0.15, -0.1) is 0 Å². The molecule has 0 amide bonds. The van der Waals surface area contributed by atoms with Crippen molar-refractivity contribution < 1.29 is 0 Å². The van der Waals surface area contributed by atoms with Crippen molar-refractivity contribution in [1.29, 1.82) is 0 Å². The number of nitrogens with zero attached hydrogens (tertiary/aromatic N) is 4. The Labute approximate surface area is 155 Å². The Balaban J connectivity index is 1.68. The fourth-order valence-corrected chi connectivity index (χ4v) is 3.11. The van der Waals surface area contributed by atoms with Crippen molar-refractivity contribution in [2.75, 3.05) is 5.32 Å². The molecule has 0 radical (unpaired) electrons. The van der Waals surface area contributed by atoms with Gasteiger partial charge in [0.05, 0.1) is 11.4 Å². The average Bonchev–Trinajstić information content (AvgIpc) is 3.29. The Kier molecular flexibility index (Phi) is 4.30. The normalized spacial score (nSPS) is 11.4. The molecule has 26 heavy (non-hydrogen) atoms. The largest absolute Gasteiger partial charge is 0.364 e. The number of aromatic nitrogens is 6. The van der Waals surface area contributed by atoms with Crippen LogP contribution in [0.3, 0.4) is 0 Å². The second-order valence-electron chi connectivity index (χ2n) is 6.31. The van der Waals surface area contributed by atoms with Gasteiger partial charge in [-0.3, -0.25) is 10.2 Å². The molecule has 3 aromatic heterocycles. The van der Waals surface area contributed by atoms with Crippen LogP contribution in [0.1, 0.15) is 31.0 Å². The van der Waals surface area contributed by atoms with Crippen molar-refractivity contribution in [3.63, 3.8) is 0 Å². The fourth-order valence-electron chi connectivity index (χ4n) is 2.94. The summed E-state index contributed by atoms with van der Waals surface area (Å²) in [5, 5.41) is 18.0. The van der Waals surface area contributed by atoms with E-state index < -0.39 is 0 Å². The van der Waals surface area contributed by atoms with Gasteiger partial charge < -0.3 is 5.32 Å². The van der Waals surface area contributed by atoms with E-state index in [0.29, 0.717) is 17.9 Å². The quantitative estimate of drug-likeness (QED) is 0.461. The van der Waals surface area contributed by atoms with Crippen molar-refractivity contribution in [2.24, 2.45) is 0 Å². The van der Waals surface area contributed by atoms with Crippen LogP contribution in [0.25, 0.3) is 22.3 Å². The van der Waals surface area contributed by atoms with Crippen LogP contribution in [0.4, 0.5) is 5.82 Å². The van der Waals surface area contributed by atoms with Crippen LogP contribution in [0, 0.1) is 0 Å². The van der Waals surface area contributed by atoms with E-state index in [9.17, 15) is 0 Å². The van der Waals surface area contributed by atoms with E-state index in [-0.39, 0.29) is 11.2 Å². The first-order chi connectivity index (χ1) is 12.6. The zero-order valence-corrected chi connectivity index (χ0v) is 15.2. The first-order valence-corrected chi connectivity index (χ1v) is 8.74. The SMILES string of the molecule is CC(C)c1[nH]nc2c(NCc3ccccc3-c3ccn[nH]3)nc(Cl)nc12. The summed E-state index contributed by atoms with van der Waals surface area (Å²) in [4.78, 5) is 8.66. The second-order valence-corrected chi connectivity index (χ2v) is 6.65. The van der Waals surface area contributed by atoms with E-state index in [1.54, 1.807) is 6.20 Å². The van der Waals surface area contributed by atoms with Crippen molar-refractivity contribution >= 4 is 28.5 Å². The molecule has 0 fully saturated rings. The number of H-pyrrole nitrogens is 2. The number of nitrogens with one attached hydrogen (secondary N) is 3. The van der Waals surface area contributed by atoms with Crippen LogP contribution >= 0.6 is 11.6 Å². The van der Waals surface area contributed by atoms with Gasteiger partial charge >= 0.3 is 0 Å². The van der Waals surface area contributed by atoms with Gasteiger partial charge in [-0.1, -0.05) is 38.1 Å². The maximum atomic E-state index is 6.13. The minimum Gasteiger partial charge on any atom is -0.364 e. The highest BCUT2D eigenvalue weighted by molar-refractivity contribution is 6.28. The fraction of sp³-hybridized carbons (Fsp3) is 0.222. The standard InChI is InChI=1S/C18H18ClN7/c1-10(2)14-15-16(26-25-14)17(23-18(19)22-15)20-9-11-5-3-4-6-12(11)13-7-8-21-24-13/h3-8,10H,9H2,1-2H3,(H,21,24)(H,25,26)(H,20,22,23). The van der Waals surface area contributed by atoms with Crippen molar-refractivity contribution in [3.8, 4) is 11.3 Å². The molecule has 7 nitrogen and oxygen atoms in total.